The molecule has 0 aromatic heterocycles. The average molecular weight is 620 g/mol. The summed E-state index contributed by atoms with van der Waals surface area (Å²) < 4.78 is 28.9. The molecule has 3 rings (SSSR count). The zero-order valence-electron chi connectivity index (χ0n) is 23.6. The SMILES string of the molecule is CC[C@@H](C)NC(=O)[C@@H](Cc1ccccc1)N(Cc1ccc(Cl)cc1Cl)C(=O)CN(c1ccccc1)S(=O)(=O)N(C)C. The largest absolute Gasteiger partial charge is 0.352 e. The maximum Gasteiger partial charge on any atom is 0.304 e. The lowest BCUT2D eigenvalue weighted by Crippen LogP contribution is -2.55. The summed E-state index contributed by atoms with van der Waals surface area (Å²) in [5, 5.41) is 3.76. The average Bonchev–Trinajstić information content (AvgIpc) is 2.95. The van der Waals surface area contributed by atoms with E-state index < -0.39 is 28.7 Å². The molecule has 3 aromatic carbocycles. The second kappa shape index (κ2) is 14.7. The molecule has 0 aliphatic carbocycles. The van der Waals surface area contributed by atoms with Crippen molar-refractivity contribution in [1.29, 1.82) is 0 Å². The van der Waals surface area contributed by atoms with Crippen LogP contribution in [0.4, 0.5) is 5.69 Å². The Balaban J connectivity index is 2.11. The Morgan fingerprint density at radius 1 is 0.927 bits per heavy atom. The number of nitrogens with zero attached hydrogens (tertiary/aromatic N) is 3. The summed E-state index contributed by atoms with van der Waals surface area (Å²) in [6.07, 6.45) is 0.912. The molecule has 0 saturated heterocycles. The van der Waals surface area contributed by atoms with E-state index in [0.29, 0.717) is 27.7 Å². The van der Waals surface area contributed by atoms with Gasteiger partial charge in [-0.1, -0.05) is 84.7 Å². The van der Waals surface area contributed by atoms with Crippen LogP contribution in [0.2, 0.25) is 10.0 Å². The lowest BCUT2D eigenvalue weighted by atomic mass is 10.0. The predicted octanol–water partition coefficient (Wildman–Crippen LogP) is 5.16. The molecule has 3 aromatic rings. The highest BCUT2D eigenvalue weighted by atomic mass is 35.5. The summed E-state index contributed by atoms with van der Waals surface area (Å²) in [4.78, 5) is 29.4. The number of rotatable bonds is 13. The van der Waals surface area contributed by atoms with Crippen molar-refractivity contribution in [3.05, 3.63) is 100 Å². The fourth-order valence-corrected chi connectivity index (χ4v) is 5.66. The van der Waals surface area contributed by atoms with E-state index in [4.69, 9.17) is 23.2 Å². The van der Waals surface area contributed by atoms with Gasteiger partial charge in [-0.3, -0.25) is 9.59 Å². The summed E-state index contributed by atoms with van der Waals surface area (Å²) in [7, 11) is -1.26. The van der Waals surface area contributed by atoms with Crippen molar-refractivity contribution in [1.82, 2.24) is 14.5 Å². The van der Waals surface area contributed by atoms with Crippen LogP contribution >= 0.6 is 23.2 Å². The minimum absolute atomic E-state index is 0.0368. The van der Waals surface area contributed by atoms with Crippen molar-refractivity contribution in [3.8, 4) is 0 Å². The topological polar surface area (TPSA) is 90.0 Å². The van der Waals surface area contributed by atoms with Crippen LogP contribution in [-0.2, 0) is 32.8 Å². The summed E-state index contributed by atoms with van der Waals surface area (Å²) >= 11 is 12.6. The monoisotopic (exact) mass is 618 g/mol. The van der Waals surface area contributed by atoms with E-state index >= 15 is 0 Å². The van der Waals surface area contributed by atoms with Crippen molar-refractivity contribution in [3.63, 3.8) is 0 Å². The van der Waals surface area contributed by atoms with E-state index in [1.54, 1.807) is 48.5 Å². The Labute approximate surface area is 253 Å². The molecule has 41 heavy (non-hydrogen) atoms. The van der Waals surface area contributed by atoms with Gasteiger partial charge in [0.15, 0.2) is 0 Å². The summed E-state index contributed by atoms with van der Waals surface area (Å²) in [5.74, 6) is -0.908. The Morgan fingerprint density at radius 3 is 2.10 bits per heavy atom. The molecule has 0 aliphatic heterocycles. The molecule has 0 aliphatic rings. The normalized spacial score (nSPS) is 13.0. The zero-order chi connectivity index (χ0) is 30.2. The Morgan fingerprint density at radius 2 is 1.54 bits per heavy atom. The third-order valence-corrected chi connectivity index (χ3v) is 9.10. The molecule has 0 radical (unpaired) electrons. The zero-order valence-corrected chi connectivity index (χ0v) is 26.0. The number of halogens is 2. The highest BCUT2D eigenvalue weighted by Gasteiger charge is 2.35. The second-order valence-corrected chi connectivity index (χ2v) is 12.8. The van der Waals surface area contributed by atoms with Gasteiger partial charge in [0.25, 0.3) is 0 Å². The molecule has 220 valence electrons. The minimum Gasteiger partial charge on any atom is -0.352 e. The standard InChI is InChI=1S/C30H36Cl2N4O4S/c1-5-22(2)33-30(38)28(18-23-12-8-6-9-13-23)35(20-24-16-17-25(31)19-27(24)32)29(37)21-36(41(39,40)34(3)4)26-14-10-7-11-15-26/h6-17,19,22,28H,5,18,20-21H2,1-4H3,(H,33,38)/t22-,28-/m1/s1. The molecule has 0 fully saturated rings. The van der Waals surface area contributed by atoms with Crippen LogP contribution in [0.15, 0.2) is 78.9 Å². The van der Waals surface area contributed by atoms with Gasteiger partial charge in [-0.2, -0.15) is 12.7 Å². The van der Waals surface area contributed by atoms with E-state index in [1.807, 2.05) is 44.2 Å². The number of benzene rings is 3. The molecule has 11 heteroatoms. The van der Waals surface area contributed by atoms with Crippen LogP contribution in [0, 0.1) is 0 Å². The molecule has 2 atom stereocenters. The first kappa shape index (κ1) is 32.4. The minimum atomic E-state index is -4.06. The van der Waals surface area contributed by atoms with Crippen LogP contribution in [0.25, 0.3) is 0 Å². The first-order valence-corrected chi connectivity index (χ1v) is 15.4. The number of hydrogen-bond acceptors (Lipinski definition) is 4. The number of hydrogen-bond donors (Lipinski definition) is 1. The van der Waals surface area contributed by atoms with Crippen molar-refractivity contribution in [2.45, 2.75) is 45.3 Å². The lowest BCUT2D eigenvalue weighted by Gasteiger charge is -2.35. The van der Waals surface area contributed by atoms with Gasteiger partial charge in [0.1, 0.15) is 12.6 Å². The smallest absolute Gasteiger partial charge is 0.304 e. The number of para-hydroxylation sites is 1. The third kappa shape index (κ3) is 8.69. The molecule has 0 unspecified atom stereocenters. The molecular formula is C30H36Cl2N4O4S. The quantitative estimate of drug-likeness (QED) is 0.286. The molecule has 8 nitrogen and oxygen atoms in total. The first-order chi connectivity index (χ1) is 19.4. The van der Waals surface area contributed by atoms with Gasteiger partial charge < -0.3 is 10.2 Å². The van der Waals surface area contributed by atoms with E-state index in [0.717, 1.165) is 14.2 Å². The van der Waals surface area contributed by atoms with E-state index in [1.165, 1.54) is 19.0 Å². The third-order valence-electron chi connectivity index (χ3n) is 6.69. The molecule has 0 spiro atoms. The Bertz CT molecular complexity index is 1420. The van der Waals surface area contributed by atoms with Gasteiger partial charge in [0.2, 0.25) is 11.8 Å². The molecule has 2 amide bonds. The maximum absolute atomic E-state index is 14.2. The van der Waals surface area contributed by atoms with Gasteiger partial charge in [-0.25, -0.2) is 4.31 Å². The molecular weight excluding hydrogens is 583 g/mol. The number of anilines is 1. The van der Waals surface area contributed by atoms with E-state index in [9.17, 15) is 18.0 Å². The Kier molecular flexibility index (Phi) is 11.6. The number of nitrogens with one attached hydrogen (secondary N) is 1. The number of amides is 2. The van der Waals surface area contributed by atoms with Crippen LogP contribution in [0.3, 0.4) is 0 Å². The van der Waals surface area contributed by atoms with E-state index in [2.05, 4.69) is 5.32 Å². The molecule has 0 saturated carbocycles. The number of carbonyl (C=O) groups is 2. The van der Waals surface area contributed by atoms with Crippen molar-refractivity contribution in [2.24, 2.45) is 0 Å². The maximum atomic E-state index is 14.2. The van der Waals surface area contributed by atoms with Gasteiger partial charge in [0.05, 0.1) is 5.69 Å². The van der Waals surface area contributed by atoms with Crippen LogP contribution < -0.4 is 9.62 Å². The highest BCUT2D eigenvalue weighted by molar-refractivity contribution is 7.90. The molecule has 0 heterocycles. The molecule has 1 N–H and O–H groups in total. The van der Waals surface area contributed by atoms with Gasteiger partial charge in [-0.15, -0.1) is 0 Å². The lowest BCUT2D eigenvalue weighted by molar-refractivity contribution is -0.140. The fourth-order valence-electron chi connectivity index (χ4n) is 4.14. The van der Waals surface area contributed by atoms with Crippen molar-refractivity contribution >= 4 is 50.9 Å². The fraction of sp³-hybridized carbons (Fsp3) is 0.333. The predicted molar refractivity (Wildman–Crippen MR) is 165 cm³/mol. The summed E-state index contributed by atoms with van der Waals surface area (Å²) in [6, 6.07) is 21.6. The first-order valence-electron chi connectivity index (χ1n) is 13.3. The second-order valence-electron chi connectivity index (χ2n) is 9.91. The highest BCUT2D eigenvalue weighted by Crippen LogP contribution is 2.25. The molecule has 0 bridgehead atoms. The van der Waals surface area contributed by atoms with Gasteiger partial charge >= 0.3 is 10.2 Å². The van der Waals surface area contributed by atoms with E-state index in [-0.39, 0.29) is 24.9 Å². The van der Waals surface area contributed by atoms with Crippen molar-refractivity contribution < 1.29 is 18.0 Å². The van der Waals surface area contributed by atoms with Gasteiger partial charge in [0, 0.05) is 43.1 Å². The number of carbonyl (C=O) groups excluding carboxylic acids is 2. The Hall–Kier alpha value is -3.11. The van der Waals surface area contributed by atoms with Crippen molar-refractivity contribution in [2.75, 3.05) is 24.9 Å². The van der Waals surface area contributed by atoms with Crippen LogP contribution in [-0.4, -0.2) is 62.2 Å². The van der Waals surface area contributed by atoms with Gasteiger partial charge in [-0.05, 0) is 48.7 Å². The van der Waals surface area contributed by atoms with Crippen LogP contribution in [0.1, 0.15) is 31.4 Å². The van der Waals surface area contributed by atoms with Crippen LogP contribution in [0.5, 0.6) is 0 Å². The summed E-state index contributed by atoms with van der Waals surface area (Å²) in [6.45, 7) is 3.28. The summed E-state index contributed by atoms with van der Waals surface area (Å²) in [5.41, 5.74) is 1.74.